The Bertz CT molecular complexity index is 995. The number of benzene rings is 1. The third-order valence-corrected chi connectivity index (χ3v) is 8.32. The maximum atomic E-state index is 12.6. The molecular formula is C16H16Cl2N4O3S2. The van der Waals surface area contributed by atoms with Crippen LogP contribution in [0.2, 0.25) is 10.0 Å². The van der Waals surface area contributed by atoms with Gasteiger partial charge < -0.3 is 0 Å². The molecule has 2 aromatic rings. The Labute approximate surface area is 170 Å². The van der Waals surface area contributed by atoms with Crippen molar-refractivity contribution in [3.05, 3.63) is 33.8 Å². The molecule has 1 heterocycles. The van der Waals surface area contributed by atoms with E-state index in [1.807, 2.05) is 0 Å². The quantitative estimate of drug-likeness (QED) is 0.683. The fraction of sp³-hybridized carbons (Fsp3) is 0.438. The topological polar surface area (TPSA) is 101 Å². The molecule has 2 saturated carbocycles. The standard InChI is InChI=1S/C16H16Cl2N4O3S2/c17-10-3-4-11(12(18)7-10)14(23)19-15-20-21-16(26-15)27(24,25)22-13-6-8-1-2-9(13)5-8/h3-4,7-9,13,22H,1-2,5-6H2,(H,19,20,23)/t8-,9-,13-/m1/s1. The molecule has 0 aliphatic heterocycles. The molecule has 1 aromatic heterocycles. The van der Waals surface area contributed by atoms with Crippen LogP contribution in [0.25, 0.3) is 0 Å². The molecule has 0 unspecified atom stereocenters. The highest BCUT2D eigenvalue weighted by molar-refractivity contribution is 7.91. The molecular weight excluding hydrogens is 431 g/mol. The lowest BCUT2D eigenvalue weighted by atomic mass is 9.96. The van der Waals surface area contributed by atoms with Crippen LogP contribution in [0.4, 0.5) is 5.13 Å². The lowest BCUT2D eigenvalue weighted by Crippen LogP contribution is -2.38. The molecule has 1 amide bonds. The molecule has 27 heavy (non-hydrogen) atoms. The summed E-state index contributed by atoms with van der Waals surface area (Å²) in [6.45, 7) is 0. The van der Waals surface area contributed by atoms with Gasteiger partial charge in [-0.1, -0.05) is 41.0 Å². The number of aromatic nitrogens is 2. The molecule has 4 rings (SSSR count). The number of hydrogen-bond acceptors (Lipinski definition) is 6. The predicted octanol–water partition coefficient (Wildman–Crippen LogP) is 3.56. The minimum Gasteiger partial charge on any atom is -0.296 e. The van der Waals surface area contributed by atoms with Crippen molar-refractivity contribution >= 4 is 55.6 Å². The number of sulfonamides is 1. The van der Waals surface area contributed by atoms with E-state index < -0.39 is 15.9 Å². The van der Waals surface area contributed by atoms with Crippen molar-refractivity contribution in [2.45, 2.75) is 36.1 Å². The first-order chi connectivity index (χ1) is 12.8. The molecule has 11 heteroatoms. The highest BCUT2D eigenvalue weighted by Crippen LogP contribution is 2.44. The van der Waals surface area contributed by atoms with Gasteiger partial charge in [0.2, 0.25) is 9.47 Å². The number of halogens is 2. The van der Waals surface area contributed by atoms with E-state index in [1.165, 1.54) is 24.6 Å². The number of nitrogens with zero attached hydrogens (tertiary/aromatic N) is 2. The van der Waals surface area contributed by atoms with E-state index in [0.717, 1.165) is 30.6 Å². The summed E-state index contributed by atoms with van der Waals surface area (Å²) in [4.78, 5) is 12.3. The summed E-state index contributed by atoms with van der Waals surface area (Å²) >= 11 is 12.6. The Kier molecular flexibility index (Phi) is 5.15. The Balaban J connectivity index is 1.45. The first-order valence-corrected chi connectivity index (χ1v) is 11.5. The maximum absolute atomic E-state index is 12.6. The van der Waals surface area contributed by atoms with Gasteiger partial charge >= 0.3 is 0 Å². The van der Waals surface area contributed by atoms with Crippen molar-refractivity contribution in [3.8, 4) is 0 Å². The number of hydrogen-bond donors (Lipinski definition) is 2. The van der Waals surface area contributed by atoms with Gasteiger partial charge in [0.15, 0.2) is 0 Å². The second-order valence-corrected chi connectivity index (χ2v) is 10.6. The Morgan fingerprint density at radius 2 is 2.00 bits per heavy atom. The van der Waals surface area contributed by atoms with Gasteiger partial charge in [0.05, 0.1) is 10.6 Å². The van der Waals surface area contributed by atoms with Crippen LogP contribution in [-0.2, 0) is 10.0 Å². The fourth-order valence-corrected chi connectivity index (χ4v) is 6.57. The van der Waals surface area contributed by atoms with E-state index in [4.69, 9.17) is 23.2 Å². The zero-order valence-corrected chi connectivity index (χ0v) is 17.1. The average Bonchev–Trinajstić information content (AvgIpc) is 3.31. The largest absolute Gasteiger partial charge is 0.296 e. The Morgan fingerprint density at radius 3 is 2.67 bits per heavy atom. The third kappa shape index (κ3) is 3.97. The highest BCUT2D eigenvalue weighted by atomic mass is 35.5. The van der Waals surface area contributed by atoms with Crippen molar-refractivity contribution in [1.82, 2.24) is 14.9 Å². The monoisotopic (exact) mass is 446 g/mol. The van der Waals surface area contributed by atoms with Crippen LogP contribution in [0.5, 0.6) is 0 Å². The highest BCUT2D eigenvalue weighted by Gasteiger charge is 2.41. The van der Waals surface area contributed by atoms with Gasteiger partial charge in [-0.05, 0) is 49.3 Å². The summed E-state index contributed by atoms with van der Waals surface area (Å²) in [6.07, 6.45) is 4.22. The van der Waals surface area contributed by atoms with Crippen molar-refractivity contribution in [3.63, 3.8) is 0 Å². The van der Waals surface area contributed by atoms with Crippen LogP contribution in [0, 0.1) is 11.8 Å². The molecule has 2 fully saturated rings. The Morgan fingerprint density at radius 1 is 1.19 bits per heavy atom. The summed E-state index contributed by atoms with van der Waals surface area (Å²) in [7, 11) is -3.76. The SMILES string of the molecule is O=C(Nc1nnc(S(=O)(=O)N[C@@H]2C[C@@H]3CC[C@@H]2C3)s1)c1ccc(Cl)cc1Cl. The molecule has 0 saturated heterocycles. The lowest BCUT2D eigenvalue weighted by Gasteiger charge is -2.21. The number of carbonyl (C=O) groups excluding carboxylic acids is 1. The number of amides is 1. The zero-order chi connectivity index (χ0) is 19.2. The third-order valence-electron chi connectivity index (χ3n) is 5.08. The van der Waals surface area contributed by atoms with E-state index in [-0.39, 0.29) is 26.1 Å². The van der Waals surface area contributed by atoms with E-state index in [1.54, 1.807) is 0 Å². The van der Waals surface area contributed by atoms with E-state index in [2.05, 4.69) is 20.2 Å². The predicted molar refractivity (Wildman–Crippen MR) is 104 cm³/mol. The minimum absolute atomic E-state index is 0.0384. The smallest absolute Gasteiger partial charge is 0.270 e. The summed E-state index contributed by atoms with van der Waals surface area (Å²) in [5.74, 6) is 0.512. The van der Waals surface area contributed by atoms with Crippen LogP contribution in [0.1, 0.15) is 36.0 Å². The summed E-state index contributed by atoms with van der Waals surface area (Å²) in [5.41, 5.74) is 0.209. The summed E-state index contributed by atoms with van der Waals surface area (Å²) < 4.78 is 27.7. The van der Waals surface area contributed by atoms with Crippen molar-refractivity contribution < 1.29 is 13.2 Å². The Hall–Kier alpha value is -1.26. The number of carbonyl (C=O) groups is 1. The summed E-state index contributed by atoms with van der Waals surface area (Å²) in [6, 6.07) is 4.43. The van der Waals surface area contributed by atoms with Crippen molar-refractivity contribution in [2.24, 2.45) is 11.8 Å². The van der Waals surface area contributed by atoms with Gasteiger partial charge in [0.1, 0.15) is 0 Å². The van der Waals surface area contributed by atoms with E-state index in [0.29, 0.717) is 16.9 Å². The number of rotatable bonds is 5. The molecule has 3 atom stereocenters. The van der Waals surface area contributed by atoms with Gasteiger partial charge in [-0.2, -0.15) is 0 Å². The van der Waals surface area contributed by atoms with Crippen LogP contribution < -0.4 is 10.0 Å². The molecule has 0 spiro atoms. The minimum atomic E-state index is -3.76. The van der Waals surface area contributed by atoms with E-state index in [9.17, 15) is 13.2 Å². The molecule has 2 aliphatic carbocycles. The molecule has 1 aromatic carbocycles. The zero-order valence-electron chi connectivity index (χ0n) is 14.0. The van der Waals surface area contributed by atoms with Crippen molar-refractivity contribution in [1.29, 1.82) is 0 Å². The molecule has 0 radical (unpaired) electrons. The second kappa shape index (κ2) is 7.29. The lowest BCUT2D eigenvalue weighted by molar-refractivity contribution is 0.102. The van der Waals surface area contributed by atoms with Gasteiger partial charge in [-0.25, -0.2) is 13.1 Å². The fourth-order valence-electron chi connectivity index (χ4n) is 3.85. The van der Waals surface area contributed by atoms with E-state index >= 15 is 0 Å². The van der Waals surface area contributed by atoms with Crippen LogP contribution in [0.15, 0.2) is 22.5 Å². The van der Waals surface area contributed by atoms with Gasteiger partial charge in [0, 0.05) is 11.1 Å². The van der Waals surface area contributed by atoms with Gasteiger partial charge in [-0.15, -0.1) is 10.2 Å². The maximum Gasteiger partial charge on any atom is 0.270 e. The average molecular weight is 447 g/mol. The van der Waals surface area contributed by atoms with Crippen molar-refractivity contribution in [2.75, 3.05) is 5.32 Å². The number of anilines is 1. The van der Waals surface area contributed by atoms with Crippen LogP contribution in [0.3, 0.4) is 0 Å². The van der Waals surface area contributed by atoms with Gasteiger partial charge in [0.25, 0.3) is 15.9 Å². The van der Waals surface area contributed by atoms with Crippen LogP contribution >= 0.6 is 34.5 Å². The molecule has 7 nitrogen and oxygen atoms in total. The molecule has 2 bridgehead atoms. The normalized spacial score (nSPS) is 24.3. The molecule has 144 valence electrons. The number of fused-ring (bicyclic) bond motifs is 2. The molecule has 2 N–H and O–H groups in total. The molecule has 2 aliphatic rings. The first-order valence-electron chi connectivity index (χ1n) is 8.44. The number of nitrogens with one attached hydrogen (secondary N) is 2. The second-order valence-electron chi connectivity index (χ2n) is 6.85. The van der Waals surface area contributed by atoms with Gasteiger partial charge in [-0.3, -0.25) is 10.1 Å². The van der Waals surface area contributed by atoms with Crippen LogP contribution in [-0.4, -0.2) is 30.6 Å². The summed E-state index contributed by atoms with van der Waals surface area (Å²) in [5, 5.41) is 10.7. The first kappa shape index (κ1) is 19.1.